The fourth-order valence-electron chi connectivity index (χ4n) is 3.82. The number of fused-ring (bicyclic) bond motifs is 2. The van der Waals surface area contributed by atoms with Crippen LogP contribution in [0.2, 0.25) is 0 Å². The summed E-state index contributed by atoms with van der Waals surface area (Å²) in [7, 11) is -17.4. The van der Waals surface area contributed by atoms with E-state index in [0.29, 0.717) is 0 Å². The van der Waals surface area contributed by atoms with E-state index < -0.39 is 65.3 Å². The minimum Gasteiger partial charge on any atom is -0.381 e. The van der Waals surface area contributed by atoms with E-state index in [1.54, 1.807) is 0 Å². The zero-order valence-corrected chi connectivity index (χ0v) is 19.7. The third-order valence-electron chi connectivity index (χ3n) is 5.18. The number of aliphatic hydroxyl groups is 1. The van der Waals surface area contributed by atoms with Gasteiger partial charge in [0.2, 0.25) is 10.9 Å². The molecule has 0 radical (unpaired) electrons. The molecular weight excluding hydrogens is 564 g/mol. The highest BCUT2D eigenvalue weighted by Gasteiger charge is 2.91. The minimum atomic E-state index is -5.92. The average molecular weight is 579 g/mol. The molecule has 1 saturated carbocycles. The molecule has 36 heavy (non-hydrogen) atoms. The van der Waals surface area contributed by atoms with E-state index >= 15 is 4.39 Å². The van der Waals surface area contributed by atoms with Crippen molar-refractivity contribution in [1.29, 1.82) is 5.53 Å². The van der Waals surface area contributed by atoms with Gasteiger partial charge in [-0.05, 0) is 0 Å². The fraction of sp³-hybridized carbons (Fsp3) is 0.545. The van der Waals surface area contributed by atoms with Crippen LogP contribution in [0.15, 0.2) is 16.2 Å². The zero-order valence-electron chi connectivity index (χ0n) is 17.1. The SMILES string of the molecule is N=[N+]=NC[C@]12O[C@@H](n3cnc4c(=O)[nH]c(N)nc43)[C@H](F)[C@@]1(O)C2OP(=O)(O)OP(=O)(O)OP(=O)(O)O. The molecule has 7 atom stereocenters. The van der Waals surface area contributed by atoms with E-state index in [1.165, 1.54) is 0 Å². The standard InChI is InChI=1S/C11H14FN8O13P3/c12-4-7(20-2-15-3-5(20)17-9(13)18-6(3)21)30-10(1-16-19-14)8(11(4,10)22)31-35(26,27)33-36(28,29)32-34(23,24)25/h2,4,7-8,14,22H,1H2,(H6-,13,17,18,21,23,24,25,26,27,28,29)/p+1/t4-,7+,8?,10+,11+/m0/s1. The van der Waals surface area contributed by atoms with Crippen LogP contribution in [0.25, 0.3) is 11.2 Å². The van der Waals surface area contributed by atoms with E-state index in [0.717, 1.165) is 10.9 Å². The van der Waals surface area contributed by atoms with Gasteiger partial charge in [-0.1, -0.05) is 0 Å². The number of aromatic nitrogens is 4. The molecule has 2 fully saturated rings. The third-order valence-corrected chi connectivity index (χ3v) is 8.98. The molecule has 2 aromatic rings. The monoisotopic (exact) mass is 579 g/mol. The predicted molar refractivity (Wildman–Crippen MR) is 106 cm³/mol. The molecule has 25 heteroatoms. The highest BCUT2D eigenvalue weighted by molar-refractivity contribution is 7.66. The Balaban J connectivity index is 1.65. The molecule has 0 spiro atoms. The number of H-pyrrole nitrogens is 1. The first-order valence-electron chi connectivity index (χ1n) is 9.08. The third kappa shape index (κ3) is 4.37. The van der Waals surface area contributed by atoms with Gasteiger partial charge in [-0.3, -0.25) is 18.9 Å². The van der Waals surface area contributed by atoms with Crippen LogP contribution in [-0.2, 0) is 31.6 Å². The second-order valence-corrected chi connectivity index (χ2v) is 11.7. The maximum atomic E-state index is 15.5. The second-order valence-electron chi connectivity index (χ2n) is 7.38. The molecule has 2 aromatic heterocycles. The van der Waals surface area contributed by atoms with E-state index in [-0.39, 0.29) is 17.1 Å². The van der Waals surface area contributed by atoms with Crippen molar-refractivity contribution in [1.82, 2.24) is 24.4 Å². The molecule has 0 aromatic carbocycles. The number of hydrogen-bond acceptors (Lipinski definition) is 14. The zero-order chi connectivity index (χ0) is 26.9. The van der Waals surface area contributed by atoms with Crippen LogP contribution in [0.3, 0.4) is 0 Å². The summed E-state index contributed by atoms with van der Waals surface area (Å²) in [5, 5.41) is 14.2. The van der Waals surface area contributed by atoms with Crippen LogP contribution in [0.4, 0.5) is 10.3 Å². The smallest absolute Gasteiger partial charge is 0.381 e. The van der Waals surface area contributed by atoms with Gasteiger partial charge in [0.15, 0.2) is 41.3 Å². The number of rotatable bonds is 9. The van der Waals surface area contributed by atoms with Crippen LogP contribution in [-0.4, -0.2) is 74.2 Å². The van der Waals surface area contributed by atoms with Crippen LogP contribution in [0, 0.1) is 5.53 Å². The first-order valence-corrected chi connectivity index (χ1v) is 13.6. The molecule has 1 aliphatic heterocycles. The molecule has 2 aliphatic rings. The Morgan fingerprint density at radius 3 is 2.58 bits per heavy atom. The van der Waals surface area contributed by atoms with Crippen molar-refractivity contribution in [3.05, 3.63) is 16.7 Å². The minimum absolute atomic E-state index is 0.268. The Morgan fingerprint density at radius 2 is 1.97 bits per heavy atom. The molecule has 3 heterocycles. The van der Waals surface area contributed by atoms with Gasteiger partial charge in [-0.25, -0.2) is 23.1 Å². The summed E-state index contributed by atoms with van der Waals surface area (Å²) in [5.41, 5.74) is 5.77. The number of nitrogens with zero attached hydrogens (tertiary/aromatic N) is 5. The number of aromatic amines is 1. The van der Waals surface area contributed by atoms with Gasteiger partial charge in [0, 0.05) is 0 Å². The quantitative estimate of drug-likeness (QED) is 0.0933. The number of ether oxygens (including phenoxy) is 1. The number of halogens is 1. The van der Waals surface area contributed by atoms with Gasteiger partial charge >= 0.3 is 23.5 Å². The van der Waals surface area contributed by atoms with E-state index in [4.69, 9.17) is 25.8 Å². The summed E-state index contributed by atoms with van der Waals surface area (Å²) in [6, 6.07) is 0. The van der Waals surface area contributed by atoms with Crippen LogP contribution in [0.5, 0.6) is 0 Å². The molecule has 9 N–H and O–H groups in total. The maximum Gasteiger partial charge on any atom is 0.490 e. The number of phosphoric ester groups is 1. The lowest BCUT2D eigenvalue weighted by Crippen LogP contribution is -2.34. The van der Waals surface area contributed by atoms with Gasteiger partial charge in [0.1, 0.15) is 16.7 Å². The van der Waals surface area contributed by atoms with E-state index in [9.17, 15) is 33.4 Å². The van der Waals surface area contributed by atoms with Crippen molar-refractivity contribution in [2.45, 2.75) is 29.7 Å². The van der Waals surface area contributed by atoms with Crippen molar-refractivity contribution < 1.29 is 60.6 Å². The number of imidazole rings is 1. The summed E-state index contributed by atoms with van der Waals surface area (Å²) in [4.78, 5) is 60.7. The number of phosphoric acid groups is 3. The Labute approximate surface area is 195 Å². The summed E-state index contributed by atoms with van der Waals surface area (Å²) in [5.74, 6) is -0.366. The Bertz CT molecular complexity index is 1490. The molecule has 0 amide bonds. The van der Waals surface area contributed by atoms with Gasteiger partial charge in [0.05, 0.1) is 6.33 Å². The van der Waals surface area contributed by atoms with Crippen molar-refractivity contribution in [3.63, 3.8) is 0 Å². The number of alkyl halides is 1. The lowest BCUT2D eigenvalue weighted by molar-refractivity contribution is -0.0854. The lowest BCUT2D eigenvalue weighted by atomic mass is 10.1. The molecule has 198 valence electrons. The molecule has 0 bridgehead atoms. The number of anilines is 1. The van der Waals surface area contributed by atoms with Crippen LogP contribution < -0.4 is 16.2 Å². The maximum absolute atomic E-state index is 15.5. The predicted octanol–water partition coefficient (Wildman–Crippen LogP) is -1.69. The summed E-state index contributed by atoms with van der Waals surface area (Å²) < 4.78 is 68.2. The normalized spacial score (nSPS) is 32.9. The van der Waals surface area contributed by atoms with Gasteiger partial charge in [-0.2, -0.15) is 13.6 Å². The van der Waals surface area contributed by atoms with Crippen molar-refractivity contribution in [3.8, 4) is 0 Å². The summed E-state index contributed by atoms with van der Waals surface area (Å²) in [6.45, 7) is -0.854. The first-order chi connectivity index (χ1) is 16.5. The van der Waals surface area contributed by atoms with Gasteiger partial charge < -0.3 is 35.2 Å². The number of nitrogens with one attached hydrogen (secondary N) is 2. The molecule has 3 unspecified atom stereocenters. The largest absolute Gasteiger partial charge is 0.490 e. The summed E-state index contributed by atoms with van der Waals surface area (Å²) >= 11 is 0. The Morgan fingerprint density at radius 1 is 1.31 bits per heavy atom. The van der Waals surface area contributed by atoms with Crippen molar-refractivity contribution in [2.24, 2.45) is 5.11 Å². The van der Waals surface area contributed by atoms with Crippen LogP contribution in [0.1, 0.15) is 6.23 Å². The van der Waals surface area contributed by atoms with Crippen LogP contribution >= 0.6 is 23.5 Å². The van der Waals surface area contributed by atoms with Crippen molar-refractivity contribution in [2.75, 3.05) is 12.3 Å². The number of nitrogen functional groups attached to an aromatic ring is 1. The number of hydrogen-bond donors (Lipinski definition) is 8. The Kier molecular flexibility index (Phi) is 6.22. The van der Waals surface area contributed by atoms with Crippen molar-refractivity contribution >= 4 is 40.6 Å². The Hall–Kier alpha value is -2.28. The highest BCUT2D eigenvalue weighted by Crippen LogP contribution is 2.72. The molecule has 4 rings (SSSR count). The highest BCUT2D eigenvalue weighted by atomic mass is 31.3. The molecular formula is C11H15FN8O13P3+. The van der Waals surface area contributed by atoms with Gasteiger partial charge in [-0.15, -0.1) is 0 Å². The van der Waals surface area contributed by atoms with E-state index in [1.807, 2.05) is 0 Å². The molecule has 1 aliphatic carbocycles. The molecule has 1 saturated heterocycles. The lowest BCUT2D eigenvalue weighted by Gasteiger charge is -2.24. The second kappa shape index (κ2) is 8.37. The fourth-order valence-corrected chi connectivity index (χ4v) is 7.08. The average Bonchev–Trinajstić information content (AvgIpc) is 2.98. The van der Waals surface area contributed by atoms with Gasteiger partial charge in [0.25, 0.3) is 5.56 Å². The first kappa shape index (κ1) is 26.8. The topological polar surface area (TPSA) is 329 Å². The number of nitrogens with two attached hydrogens (primary N) is 1. The summed E-state index contributed by atoms with van der Waals surface area (Å²) in [6.07, 6.45) is -5.59. The molecule has 21 nitrogen and oxygen atoms in total. The van der Waals surface area contributed by atoms with E-state index in [2.05, 4.69) is 38.1 Å².